The van der Waals surface area contributed by atoms with Gasteiger partial charge in [-0.15, -0.1) is 11.3 Å². The van der Waals surface area contributed by atoms with Crippen molar-refractivity contribution in [3.05, 3.63) is 80.5 Å². The van der Waals surface area contributed by atoms with Gasteiger partial charge in [-0.1, -0.05) is 24.3 Å². The molecule has 0 bridgehead atoms. The highest BCUT2D eigenvalue weighted by Crippen LogP contribution is 2.31. The molecular weight excluding hydrogens is 428 g/mol. The summed E-state index contributed by atoms with van der Waals surface area (Å²) in [6.07, 6.45) is 0. The lowest BCUT2D eigenvalue weighted by molar-refractivity contribution is -0.384. The fourth-order valence-corrected chi connectivity index (χ4v) is 3.99. The number of ether oxygens (including phenoxy) is 2. The molecule has 0 amide bonds. The monoisotopic (exact) mass is 450 g/mol. The van der Waals surface area contributed by atoms with E-state index >= 15 is 0 Å². The van der Waals surface area contributed by atoms with Gasteiger partial charge in [-0.05, 0) is 32.0 Å². The third-order valence-electron chi connectivity index (χ3n) is 4.73. The van der Waals surface area contributed by atoms with Gasteiger partial charge < -0.3 is 9.47 Å². The molecule has 0 spiro atoms. The lowest BCUT2D eigenvalue weighted by Crippen LogP contribution is -2.16. The second-order valence-electron chi connectivity index (χ2n) is 7.34. The Morgan fingerprint density at radius 2 is 1.97 bits per heavy atom. The second kappa shape index (κ2) is 9.19. The molecule has 9 heteroatoms. The lowest BCUT2D eigenvalue weighted by Gasteiger charge is -2.18. The smallest absolute Gasteiger partial charge is 0.270 e. The van der Waals surface area contributed by atoms with Crippen molar-refractivity contribution in [1.29, 1.82) is 0 Å². The number of fused-ring (bicyclic) bond motifs is 1. The minimum atomic E-state index is -0.406. The minimum Gasteiger partial charge on any atom is -0.486 e. The molecule has 2 heterocycles. The van der Waals surface area contributed by atoms with Gasteiger partial charge in [0.15, 0.2) is 11.5 Å². The Morgan fingerprint density at radius 1 is 1.19 bits per heavy atom. The Kier molecular flexibility index (Phi) is 6.18. The molecule has 0 atom stereocenters. The molecule has 1 aliphatic heterocycles. The first kappa shape index (κ1) is 21.5. The van der Waals surface area contributed by atoms with Crippen LogP contribution in [0.25, 0.3) is 11.3 Å². The molecule has 0 radical (unpaired) electrons. The third kappa shape index (κ3) is 4.62. The average Bonchev–Trinajstić information content (AvgIpc) is 3.19. The van der Waals surface area contributed by atoms with E-state index in [0.717, 1.165) is 22.5 Å². The number of non-ortho nitro benzene ring substituents is 1. The van der Waals surface area contributed by atoms with Crippen LogP contribution in [-0.4, -0.2) is 35.1 Å². The summed E-state index contributed by atoms with van der Waals surface area (Å²) >= 11 is 1.42. The van der Waals surface area contributed by atoms with Gasteiger partial charge in [0.05, 0.1) is 22.9 Å². The van der Waals surface area contributed by atoms with Gasteiger partial charge in [0.25, 0.3) is 5.69 Å². The van der Waals surface area contributed by atoms with Gasteiger partial charge in [-0.3, -0.25) is 15.1 Å². The summed E-state index contributed by atoms with van der Waals surface area (Å²) in [5.74, 6) is 1.40. The summed E-state index contributed by atoms with van der Waals surface area (Å²) in [6.45, 7) is 9.22. The molecule has 0 aliphatic carbocycles. The highest BCUT2D eigenvalue weighted by Gasteiger charge is 2.15. The predicted octanol–water partition coefficient (Wildman–Crippen LogP) is 4.65. The normalized spacial score (nSPS) is 13.8. The van der Waals surface area contributed by atoms with E-state index in [9.17, 15) is 10.1 Å². The highest BCUT2D eigenvalue weighted by atomic mass is 32.1. The van der Waals surface area contributed by atoms with Crippen LogP contribution >= 0.6 is 11.3 Å². The molecule has 0 N–H and O–H groups in total. The lowest BCUT2D eigenvalue weighted by atomic mass is 10.1. The average molecular weight is 451 g/mol. The summed E-state index contributed by atoms with van der Waals surface area (Å²) < 4.78 is 13.0. The number of rotatable bonds is 6. The zero-order valence-corrected chi connectivity index (χ0v) is 18.6. The third-order valence-corrected chi connectivity index (χ3v) is 5.59. The van der Waals surface area contributed by atoms with Crippen LogP contribution in [-0.2, 0) is 0 Å². The Hall–Kier alpha value is -3.72. The fraction of sp³-hybridized carbons (Fsp3) is 0.217. The van der Waals surface area contributed by atoms with Gasteiger partial charge in [-0.25, -0.2) is 4.68 Å². The van der Waals surface area contributed by atoms with Crippen molar-refractivity contribution in [2.75, 3.05) is 19.8 Å². The number of hydrogen-bond acceptors (Lipinski definition) is 7. The summed E-state index contributed by atoms with van der Waals surface area (Å²) in [5, 5.41) is 18.0. The maximum atomic E-state index is 11.3. The van der Waals surface area contributed by atoms with E-state index < -0.39 is 4.92 Å². The molecule has 0 fully saturated rings. The van der Waals surface area contributed by atoms with Crippen LogP contribution in [0.2, 0.25) is 0 Å². The van der Waals surface area contributed by atoms with E-state index in [0.29, 0.717) is 41.6 Å². The number of hydrogen-bond donors (Lipinski definition) is 0. The molecule has 1 aromatic heterocycles. The molecule has 3 aromatic rings. The van der Waals surface area contributed by atoms with E-state index in [1.54, 1.807) is 10.7 Å². The van der Waals surface area contributed by atoms with E-state index in [2.05, 4.69) is 11.6 Å². The molecule has 1 aliphatic rings. The first-order valence-electron chi connectivity index (χ1n) is 9.98. The number of benzene rings is 2. The zero-order valence-electron chi connectivity index (χ0n) is 17.8. The molecule has 164 valence electrons. The summed E-state index contributed by atoms with van der Waals surface area (Å²) in [7, 11) is 0. The number of nitro groups is 1. The van der Waals surface area contributed by atoms with E-state index in [1.807, 2.05) is 43.5 Å². The van der Waals surface area contributed by atoms with Gasteiger partial charge in [0.2, 0.25) is 4.80 Å². The fourth-order valence-electron chi connectivity index (χ4n) is 3.16. The van der Waals surface area contributed by atoms with Crippen LogP contribution in [0.3, 0.4) is 0 Å². The second-order valence-corrected chi connectivity index (χ2v) is 8.18. The number of thiazole rings is 1. The van der Waals surface area contributed by atoms with Crippen molar-refractivity contribution in [3.8, 4) is 22.8 Å². The zero-order chi connectivity index (χ0) is 22.7. The van der Waals surface area contributed by atoms with E-state index in [4.69, 9.17) is 14.6 Å². The Labute approximate surface area is 188 Å². The van der Waals surface area contributed by atoms with Crippen LogP contribution in [0, 0.1) is 10.1 Å². The van der Waals surface area contributed by atoms with Crippen molar-refractivity contribution in [3.63, 3.8) is 0 Å². The Bertz CT molecular complexity index is 1290. The largest absolute Gasteiger partial charge is 0.486 e. The van der Waals surface area contributed by atoms with Crippen LogP contribution in [0.4, 0.5) is 5.69 Å². The van der Waals surface area contributed by atoms with Crippen LogP contribution in [0.5, 0.6) is 11.5 Å². The molecule has 32 heavy (non-hydrogen) atoms. The van der Waals surface area contributed by atoms with E-state index in [1.165, 1.54) is 23.5 Å². The Morgan fingerprint density at radius 3 is 2.72 bits per heavy atom. The summed E-state index contributed by atoms with van der Waals surface area (Å²) in [6, 6.07) is 12.2. The van der Waals surface area contributed by atoms with Gasteiger partial charge in [0.1, 0.15) is 13.2 Å². The number of aromatic nitrogens is 1. The molecular formula is C23H22N4O4S. The topological polar surface area (TPSA) is 91.2 Å². The summed E-state index contributed by atoms with van der Waals surface area (Å²) in [5.41, 5.74) is 3.97. The molecule has 0 saturated carbocycles. The number of nitrogens with zero attached hydrogens (tertiary/aromatic N) is 4. The van der Waals surface area contributed by atoms with Crippen LogP contribution in [0.1, 0.15) is 19.4 Å². The minimum absolute atomic E-state index is 0.0215. The first-order valence-corrected chi connectivity index (χ1v) is 10.9. The molecule has 4 rings (SSSR count). The quantitative estimate of drug-likeness (QED) is 0.237. The van der Waals surface area contributed by atoms with E-state index in [-0.39, 0.29) is 5.69 Å². The molecule has 2 aromatic carbocycles. The first-order chi connectivity index (χ1) is 15.4. The standard InChI is InChI=1S/C23H22N4O4S/c1-15(2)13-24-23-26(20(14-32-23)18-5-4-6-19(11-18)27(28)29)25-16(3)17-7-8-21-22(12-17)31-10-9-30-21/h4-8,11-12,14H,1,9-10,13H2,2-3H3. The highest BCUT2D eigenvalue weighted by molar-refractivity contribution is 7.07. The maximum Gasteiger partial charge on any atom is 0.270 e. The predicted molar refractivity (Wildman–Crippen MR) is 125 cm³/mol. The van der Waals surface area contributed by atoms with Crippen molar-refractivity contribution in [2.24, 2.45) is 10.1 Å². The van der Waals surface area contributed by atoms with Crippen LogP contribution < -0.4 is 14.3 Å². The van der Waals surface area contributed by atoms with Crippen molar-refractivity contribution in [1.82, 2.24) is 4.68 Å². The van der Waals surface area contributed by atoms with Crippen LogP contribution in [0.15, 0.2) is 70.1 Å². The van der Waals surface area contributed by atoms with Gasteiger partial charge >= 0.3 is 0 Å². The van der Waals surface area contributed by atoms with Crippen molar-refractivity contribution < 1.29 is 14.4 Å². The van der Waals surface area contributed by atoms with Crippen molar-refractivity contribution in [2.45, 2.75) is 13.8 Å². The van der Waals surface area contributed by atoms with Crippen molar-refractivity contribution >= 4 is 22.7 Å². The number of nitro benzene ring substituents is 1. The van der Waals surface area contributed by atoms with Gasteiger partial charge in [-0.2, -0.15) is 5.10 Å². The molecule has 0 unspecified atom stereocenters. The summed E-state index contributed by atoms with van der Waals surface area (Å²) in [4.78, 5) is 16.1. The molecule has 8 nitrogen and oxygen atoms in total. The maximum absolute atomic E-state index is 11.3. The Balaban J connectivity index is 1.81. The van der Waals surface area contributed by atoms with Gasteiger partial charge in [0, 0.05) is 28.6 Å². The SMILES string of the molecule is C=C(C)CN=c1scc(-c2cccc([N+](=O)[O-])c2)n1N=C(C)c1ccc2c(c1)OCCO2. The molecule has 0 saturated heterocycles.